The van der Waals surface area contributed by atoms with Crippen molar-refractivity contribution >= 4 is 22.9 Å². The molecule has 0 bridgehead atoms. The first-order chi connectivity index (χ1) is 19.3. The molecule has 2 fully saturated rings. The van der Waals surface area contributed by atoms with E-state index >= 15 is 4.39 Å². The van der Waals surface area contributed by atoms with Crippen molar-refractivity contribution < 1.29 is 36.9 Å². The predicted molar refractivity (Wildman–Crippen MR) is 140 cm³/mol. The molecule has 41 heavy (non-hydrogen) atoms. The van der Waals surface area contributed by atoms with E-state index in [2.05, 4.69) is 30.2 Å². The number of alkyl halides is 2. The Hall–Kier alpha value is -3.48. The highest BCUT2D eigenvalue weighted by Crippen LogP contribution is 2.43. The molecule has 5 rings (SSSR count). The molecule has 1 saturated carbocycles. The van der Waals surface area contributed by atoms with Crippen molar-refractivity contribution in [1.29, 1.82) is 0 Å². The molecule has 1 amide bonds. The van der Waals surface area contributed by atoms with Crippen LogP contribution in [0.15, 0.2) is 16.8 Å². The number of aromatic amines is 1. The van der Waals surface area contributed by atoms with Gasteiger partial charge in [0.05, 0.1) is 11.6 Å². The van der Waals surface area contributed by atoms with E-state index in [-0.39, 0.29) is 80.0 Å². The second kappa shape index (κ2) is 10.7. The zero-order chi connectivity index (χ0) is 29.6. The molecule has 1 aromatic carbocycles. The molecule has 3 aromatic rings. The number of imidazole rings is 1. The van der Waals surface area contributed by atoms with Crippen molar-refractivity contribution in [2.24, 2.45) is 5.92 Å². The Balaban J connectivity index is 1.54. The molecular weight excluding hydrogens is 543 g/mol. The number of fused-ring (bicyclic) bond motifs is 1. The van der Waals surface area contributed by atoms with Crippen LogP contribution in [-0.4, -0.2) is 56.9 Å². The summed E-state index contributed by atoms with van der Waals surface area (Å²) in [5.74, 6) is -4.80. The van der Waals surface area contributed by atoms with Gasteiger partial charge in [0.1, 0.15) is 28.1 Å². The van der Waals surface area contributed by atoms with E-state index in [4.69, 9.17) is 9.47 Å². The van der Waals surface area contributed by atoms with Crippen LogP contribution in [-0.2, 0) is 19.7 Å². The van der Waals surface area contributed by atoms with Crippen molar-refractivity contribution in [2.45, 2.75) is 89.2 Å². The minimum Gasteiger partial charge on any atom is -0.459 e. The average Bonchev–Trinajstić information content (AvgIpc) is 3.54. The predicted octanol–water partition coefficient (Wildman–Crippen LogP) is 5.08. The van der Waals surface area contributed by atoms with Gasteiger partial charge in [-0.25, -0.2) is 22.8 Å². The summed E-state index contributed by atoms with van der Waals surface area (Å²) >= 11 is 0. The fourth-order valence-electron chi connectivity index (χ4n) is 5.71. The SMILES string of the molecule is Cc1nonc1C(=O)NC(c1nc2c(F)c(C3(C(=O)OC(C)(C)C)CCOCC3)ccc2[nH]1)C1CCC(F)(F)CC1. The Morgan fingerprint density at radius 3 is 2.41 bits per heavy atom. The normalized spacial score (nSPS) is 20.1. The number of halogens is 3. The van der Waals surface area contributed by atoms with Gasteiger partial charge in [-0.05, 0) is 70.5 Å². The number of nitrogens with zero attached hydrogens (tertiary/aromatic N) is 3. The molecule has 0 radical (unpaired) electrons. The summed E-state index contributed by atoms with van der Waals surface area (Å²) in [5, 5.41) is 10.1. The third kappa shape index (κ3) is 5.81. The molecule has 0 spiro atoms. The van der Waals surface area contributed by atoms with Crippen LogP contribution < -0.4 is 5.32 Å². The van der Waals surface area contributed by atoms with E-state index in [0.29, 0.717) is 5.52 Å². The van der Waals surface area contributed by atoms with Gasteiger partial charge in [0.25, 0.3) is 5.91 Å². The van der Waals surface area contributed by atoms with E-state index in [1.54, 1.807) is 39.8 Å². The quantitative estimate of drug-likeness (QED) is 0.388. The van der Waals surface area contributed by atoms with Gasteiger partial charge in [0.15, 0.2) is 11.5 Å². The molecule has 3 heterocycles. The summed E-state index contributed by atoms with van der Waals surface area (Å²) in [6.07, 6.45) is 0.0476. The Bertz CT molecular complexity index is 1430. The molecule has 1 aliphatic carbocycles. The Labute approximate surface area is 234 Å². The smallest absolute Gasteiger partial charge is 0.317 e. The summed E-state index contributed by atoms with van der Waals surface area (Å²) in [5.41, 5.74) is -1.34. The molecule has 1 aliphatic heterocycles. The molecule has 2 N–H and O–H groups in total. The number of ether oxygens (including phenoxy) is 2. The molecule has 1 saturated heterocycles. The Morgan fingerprint density at radius 1 is 1.12 bits per heavy atom. The van der Waals surface area contributed by atoms with Gasteiger partial charge >= 0.3 is 5.97 Å². The first-order valence-corrected chi connectivity index (χ1v) is 13.8. The Morgan fingerprint density at radius 2 is 1.80 bits per heavy atom. The van der Waals surface area contributed by atoms with E-state index < -0.39 is 46.6 Å². The number of rotatable bonds is 6. The van der Waals surface area contributed by atoms with E-state index in [1.807, 2.05) is 0 Å². The van der Waals surface area contributed by atoms with Gasteiger partial charge in [-0.15, -0.1) is 0 Å². The summed E-state index contributed by atoms with van der Waals surface area (Å²) in [6.45, 7) is 7.34. The molecule has 222 valence electrons. The van der Waals surface area contributed by atoms with Crippen molar-refractivity contribution in [3.63, 3.8) is 0 Å². The van der Waals surface area contributed by atoms with Crippen molar-refractivity contribution in [1.82, 2.24) is 25.6 Å². The molecule has 13 heteroatoms. The minimum absolute atomic E-state index is 0.0217. The second-order valence-electron chi connectivity index (χ2n) is 12.0. The monoisotopic (exact) mass is 577 g/mol. The summed E-state index contributed by atoms with van der Waals surface area (Å²) in [4.78, 5) is 34.1. The van der Waals surface area contributed by atoms with Crippen LogP contribution in [0.2, 0.25) is 0 Å². The fraction of sp³-hybridized carbons (Fsp3) is 0.607. The highest BCUT2D eigenvalue weighted by molar-refractivity contribution is 5.93. The van der Waals surface area contributed by atoms with Gasteiger partial charge in [-0.1, -0.05) is 11.2 Å². The van der Waals surface area contributed by atoms with Crippen LogP contribution >= 0.6 is 0 Å². The lowest BCUT2D eigenvalue weighted by Crippen LogP contribution is -2.45. The fourth-order valence-corrected chi connectivity index (χ4v) is 5.71. The van der Waals surface area contributed by atoms with Crippen LogP contribution in [0.25, 0.3) is 11.0 Å². The second-order valence-corrected chi connectivity index (χ2v) is 12.0. The van der Waals surface area contributed by atoms with Crippen molar-refractivity contribution in [3.05, 3.63) is 40.7 Å². The van der Waals surface area contributed by atoms with Crippen molar-refractivity contribution in [2.75, 3.05) is 13.2 Å². The number of amides is 1. The summed E-state index contributed by atoms with van der Waals surface area (Å²) in [6, 6.07) is 2.34. The van der Waals surface area contributed by atoms with Gasteiger partial charge in [-0.2, -0.15) is 0 Å². The summed E-state index contributed by atoms with van der Waals surface area (Å²) < 4.78 is 60.1. The van der Waals surface area contributed by atoms with Gasteiger partial charge in [0.2, 0.25) is 5.92 Å². The standard InChI is InChI=1S/C28H34F3N5O5/c1-15-20(36-41-35-15)24(37)34-21(16-7-9-28(30,31)10-8-16)23-32-18-6-5-17(19(29)22(18)33-23)27(11-13-39-14-12-27)25(38)40-26(2,3)4/h5-6,16,21H,7-14H2,1-4H3,(H,32,33)(H,34,37). The lowest BCUT2D eigenvalue weighted by atomic mass is 9.73. The van der Waals surface area contributed by atoms with Gasteiger partial charge in [0, 0.05) is 31.6 Å². The number of aromatic nitrogens is 4. The zero-order valence-corrected chi connectivity index (χ0v) is 23.5. The maximum absolute atomic E-state index is 16.3. The van der Waals surface area contributed by atoms with Gasteiger partial charge < -0.3 is 19.8 Å². The molecule has 2 aliphatic rings. The number of benzene rings is 1. The largest absolute Gasteiger partial charge is 0.459 e. The Kier molecular flexibility index (Phi) is 7.60. The number of esters is 1. The lowest BCUT2D eigenvalue weighted by Gasteiger charge is -2.37. The topological polar surface area (TPSA) is 132 Å². The van der Waals surface area contributed by atoms with Crippen LogP contribution in [0.3, 0.4) is 0 Å². The van der Waals surface area contributed by atoms with Crippen molar-refractivity contribution in [3.8, 4) is 0 Å². The number of hydrogen-bond donors (Lipinski definition) is 2. The minimum atomic E-state index is -2.79. The lowest BCUT2D eigenvalue weighted by molar-refractivity contribution is -0.166. The number of aryl methyl sites for hydroxylation is 1. The third-order valence-electron chi connectivity index (χ3n) is 7.94. The highest BCUT2D eigenvalue weighted by atomic mass is 19.3. The molecule has 1 atom stereocenters. The van der Waals surface area contributed by atoms with Crippen LogP contribution in [0.4, 0.5) is 13.2 Å². The van der Waals surface area contributed by atoms with Gasteiger partial charge in [-0.3, -0.25) is 9.59 Å². The first-order valence-electron chi connectivity index (χ1n) is 13.8. The first kappa shape index (κ1) is 29.0. The van der Waals surface area contributed by atoms with Crippen LogP contribution in [0.1, 0.15) is 92.9 Å². The number of H-pyrrole nitrogens is 1. The molecular formula is C28H34F3N5O5. The van der Waals surface area contributed by atoms with E-state index in [9.17, 15) is 18.4 Å². The van der Waals surface area contributed by atoms with E-state index in [1.165, 1.54) is 0 Å². The van der Waals surface area contributed by atoms with E-state index in [0.717, 1.165) is 0 Å². The molecule has 10 nitrogen and oxygen atoms in total. The molecule has 2 aromatic heterocycles. The maximum atomic E-state index is 16.3. The zero-order valence-electron chi connectivity index (χ0n) is 23.5. The number of nitrogens with one attached hydrogen (secondary N) is 2. The highest BCUT2D eigenvalue weighted by Gasteiger charge is 2.47. The number of hydrogen-bond acceptors (Lipinski definition) is 8. The summed E-state index contributed by atoms with van der Waals surface area (Å²) in [7, 11) is 0. The maximum Gasteiger partial charge on any atom is 0.317 e. The molecule has 1 unspecified atom stereocenters. The average molecular weight is 578 g/mol. The van der Waals surface area contributed by atoms with Crippen LogP contribution in [0, 0.1) is 18.7 Å². The number of carbonyl (C=O) groups excluding carboxylic acids is 2. The third-order valence-corrected chi connectivity index (χ3v) is 7.94. The van der Waals surface area contributed by atoms with Crippen LogP contribution in [0.5, 0.6) is 0 Å². The number of carbonyl (C=O) groups is 2.